The summed E-state index contributed by atoms with van der Waals surface area (Å²) in [6.45, 7) is 5.48. The first-order valence-corrected chi connectivity index (χ1v) is 7.72. The van der Waals surface area contributed by atoms with E-state index in [1.54, 1.807) is 0 Å². The van der Waals surface area contributed by atoms with E-state index >= 15 is 0 Å². The standard InChI is InChI=1S/C13H18Br2N2O/c1-16-3-2-4-17(6-5-16)9-10-7-11(14)13(18)12(15)8-10/h7-8,18H,2-6,9H2,1H3. The average Bonchev–Trinajstić information content (AvgIpc) is 2.51. The van der Waals surface area contributed by atoms with Gasteiger partial charge in [0.05, 0.1) is 8.95 Å². The number of nitrogens with zero attached hydrogens (tertiary/aromatic N) is 2. The molecule has 0 bridgehead atoms. The van der Waals surface area contributed by atoms with Gasteiger partial charge < -0.3 is 10.0 Å². The van der Waals surface area contributed by atoms with Crippen LogP contribution in [0.4, 0.5) is 0 Å². The zero-order chi connectivity index (χ0) is 13.1. The highest BCUT2D eigenvalue weighted by molar-refractivity contribution is 9.11. The second kappa shape index (κ2) is 6.37. The minimum Gasteiger partial charge on any atom is -0.506 e. The maximum atomic E-state index is 9.70. The normalized spacial score (nSPS) is 18.8. The molecule has 1 aromatic carbocycles. The molecule has 0 saturated carbocycles. The Hall–Kier alpha value is -0.100. The molecular weight excluding hydrogens is 360 g/mol. The van der Waals surface area contributed by atoms with Gasteiger partial charge in [-0.25, -0.2) is 0 Å². The second-order valence-corrected chi connectivity index (χ2v) is 6.55. The summed E-state index contributed by atoms with van der Waals surface area (Å²) in [6, 6.07) is 3.99. The SMILES string of the molecule is CN1CCCN(Cc2cc(Br)c(O)c(Br)c2)CC1. The van der Waals surface area contributed by atoms with Gasteiger partial charge in [0.1, 0.15) is 5.75 Å². The molecule has 0 spiro atoms. The average molecular weight is 378 g/mol. The highest BCUT2D eigenvalue weighted by Gasteiger charge is 2.13. The Morgan fingerprint density at radius 3 is 2.44 bits per heavy atom. The number of likely N-dealkylation sites (N-methyl/N-ethyl adjacent to an activating group) is 1. The van der Waals surface area contributed by atoms with E-state index < -0.39 is 0 Å². The van der Waals surface area contributed by atoms with Crippen molar-refractivity contribution in [2.75, 3.05) is 33.2 Å². The van der Waals surface area contributed by atoms with Crippen molar-refractivity contribution in [3.63, 3.8) is 0 Å². The molecule has 100 valence electrons. The molecule has 1 saturated heterocycles. The summed E-state index contributed by atoms with van der Waals surface area (Å²) in [7, 11) is 2.18. The minimum absolute atomic E-state index is 0.273. The van der Waals surface area contributed by atoms with Gasteiger partial charge in [-0.2, -0.15) is 0 Å². The van der Waals surface area contributed by atoms with Crippen molar-refractivity contribution >= 4 is 31.9 Å². The topological polar surface area (TPSA) is 26.7 Å². The third-order valence-corrected chi connectivity index (χ3v) is 4.50. The van der Waals surface area contributed by atoms with Crippen LogP contribution in [-0.2, 0) is 6.54 Å². The van der Waals surface area contributed by atoms with Gasteiger partial charge in [0.15, 0.2) is 0 Å². The summed E-state index contributed by atoms with van der Waals surface area (Å²) in [5, 5.41) is 9.70. The molecule has 1 aromatic rings. The van der Waals surface area contributed by atoms with Gasteiger partial charge in [0.2, 0.25) is 0 Å². The Morgan fingerprint density at radius 2 is 1.78 bits per heavy atom. The number of aromatic hydroxyl groups is 1. The second-order valence-electron chi connectivity index (χ2n) is 4.84. The summed E-state index contributed by atoms with van der Waals surface area (Å²) < 4.78 is 1.50. The van der Waals surface area contributed by atoms with Crippen LogP contribution in [0.1, 0.15) is 12.0 Å². The molecule has 0 amide bonds. The van der Waals surface area contributed by atoms with Crippen molar-refractivity contribution < 1.29 is 5.11 Å². The maximum Gasteiger partial charge on any atom is 0.143 e. The summed E-state index contributed by atoms with van der Waals surface area (Å²) in [6.07, 6.45) is 1.22. The third kappa shape index (κ3) is 3.70. The highest BCUT2D eigenvalue weighted by atomic mass is 79.9. The number of phenolic OH excluding ortho intramolecular Hbond substituents is 1. The van der Waals surface area contributed by atoms with E-state index in [4.69, 9.17) is 0 Å². The molecule has 0 aromatic heterocycles. The molecule has 0 atom stereocenters. The van der Waals surface area contributed by atoms with Gasteiger partial charge in [-0.1, -0.05) is 0 Å². The summed E-state index contributed by atoms with van der Waals surface area (Å²) >= 11 is 6.76. The zero-order valence-corrected chi connectivity index (χ0v) is 13.7. The van der Waals surface area contributed by atoms with Crippen molar-refractivity contribution in [3.8, 4) is 5.75 Å². The molecule has 0 aliphatic carbocycles. The summed E-state index contributed by atoms with van der Waals surface area (Å²) in [5.41, 5.74) is 1.22. The Balaban J connectivity index is 2.05. The van der Waals surface area contributed by atoms with Crippen LogP contribution < -0.4 is 0 Å². The van der Waals surface area contributed by atoms with Crippen molar-refractivity contribution in [1.82, 2.24) is 9.80 Å². The summed E-state index contributed by atoms with van der Waals surface area (Å²) in [5.74, 6) is 0.273. The summed E-state index contributed by atoms with van der Waals surface area (Å²) in [4.78, 5) is 4.84. The van der Waals surface area contributed by atoms with Crippen molar-refractivity contribution in [1.29, 1.82) is 0 Å². The van der Waals surface area contributed by atoms with E-state index in [-0.39, 0.29) is 5.75 Å². The highest BCUT2D eigenvalue weighted by Crippen LogP contribution is 2.33. The van der Waals surface area contributed by atoms with Crippen molar-refractivity contribution in [2.24, 2.45) is 0 Å². The maximum absolute atomic E-state index is 9.70. The van der Waals surface area contributed by atoms with Gasteiger partial charge in [-0.05, 0) is 76.1 Å². The lowest BCUT2D eigenvalue weighted by atomic mass is 10.2. The number of halogens is 2. The van der Waals surface area contributed by atoms with Crippen LogP contribution in [0.2, 0.25) is 0 Å². The fourth-order valence-electron chi connectivity index (χ4n) is 2.23. The van der Waals surface area contributed by atoms with Crippen LogP contribution in [0.3, 0.4) is 0 Å². The molecule has 1 heterocycles. The Morgan fingerprint density at radius 1 is 1.11 bits per heavy atom. The molecule has 1 N–H and O–H groups in total. The van der Waals surface area contributed by atoms with Gasteiger partial charge in [-0.3, -0.25) is 4.90 Å². The number of hydrogen-bond acceptors (Lipinski definition) is 3. The van der Waals surface area contributed by atoms with Crippen LogP contribution in [0, 0.1) is 0 Å². The largest absolute Gasteiger partial charge is 0.506 e. The lowest BCUT2D eigenvalue weighted by Gasteiger charge is -2.20. The van der Waals surface area contributed by atoms with E-state index in [0.29, 0.717) is 0 Å². The van der Waals surface area contributed by atoms with Crippen LogP contribution in [0.25, 0.3) is 0 Å². The number of benzene rings is 1. The monoisotopic (exact) mass is 376 g/mol. The zero-order valence-electron chi connectivity index (χ0n) is 10.5. The predicted molar refractivity (Wildman–Crippen MR) is 80.9 cm³/mol. The quantitative estimate of drug-likeness (QED) is 0.857. The molecule has 1 fully saturated rings. The molecule has 5 heteroatoms. The first-order chi connectivity index (χ1) is 8.56. The van der Waals surface area contributed by atoms with Gasteiger partial charge in [-0.15, -0.1) is 0 Å². The number of hydrogen-bond donors (Lipinski definition) is 1. The number of rotatable bonds is 2. The fraction of sp³-hybridized carbons (Fsp3) is 0.538. The predicted octanol–water partition coefficient (Wildman–Crippen LogP) is 3.05. The molecule has 1 aliphatic heterocycles. The molecular formula is C13H18Br2N2O. The Kier molecular flexibility index (Phi) is 5.06. The minimum atomic E-state index is 0.273. The van der Waals surface area contributed by atoms with Gasteiger partial charge in [0.25, 0.3) is 0 Å². The van der Waals surface area contributed by atoms with Crippen molar-refractivity contribution in [2.45, 2.75) is 13.0 Å². The van der Waals surface area contributed by atoms with E-state index in [0.717, 1.165) is 35.1 Å². The van der Waals surface area contributed by atoms with E-state index in [1.807, 2.05) is 12.1 Å². The van der Waals surface area contributed by atoms with E-state index in [2.05, 4.69) is 48.7 Å². The van der Waals surface area contributed by atoms with Gasteiger partial charge >= 0.3 is 0 Å². The van der Waals surface area contributed by atoms with Crippen LogP contribution in [0.5, 0.6) is 5.75 Å². The van der Waals surface area contributed by atoms with Crippen LogP contribution >= 0.6 is 31.9 Å². The third-order valence-electron chi connectivity index (χ3n) is 3.29. The Labute approximate surface area is 125 Å². The molecule has 1 aliphatic rings. The molecule has 2 rings (SSSR count). The molecule has 3 nitrogen and oxygen atoms in total. The fourth-order valence-corrected chi connectivity index (χ4v) is 3.51. The molecule has 0 unspecified atom stereocenters. The Bertz CT molecular complexity index is 402. The van der Waals surface area contributed by atoms with Crippen LogP contribution in [0.15, 0.2) is 21.1 Å². The van der Waals surface area contributed by atoms with Gasteiger partial charge in [0, 0.05) is 19.6 Å². The smallest absolute Gasteiger partial charge is 0.143 e. The first-order valence-electron chi connectivity index (χ1n) is 6.14. The molecule has 0 radical (unpaired) electrons. The first kappa shape index (κ1) is 14.3. The van der Waals surface area contributed by atoms with E-state index in [1.165, 1.54) is 18.5 Å². The lowest BCUT2D eigenvalue weighted by molar-refractivity contribution is 0.269. The molecule has 18 heavy (non-hydrogen) atoms. The lowest BCUT2D eigenvalue weighted by Crippen LogP contribution is -2.28. The number of phenols is 1. The van der Waals surface area contributed by atoms with Crippen molar-refractivity contribution in [3.05, 3.63) is 26.6 Å². The van der Waals surface area contributed by atoms with E-state index in [9.17, 15) is 5.11 Å². The van der Waals surface area contributed by atoms with Crippen LogP contribution in [-0.4, -0.2) is 48.1 Å².